The summed E-state index contributed by atoms with van der Waals surface area (Å²) in [4.78, 5) is 29.0. The van der Waals surface area contributed by atoms with Crippen molar-refractivity contribution in [3.63, 3.8) is 0 Å². The number of benzene rings is 2. The molecular weight excluding hydrogens is 410 g/mol. The number of aryl methyl sites for hydroxylation is 2. The van der Waals surface area contributed by atoms with Gasteiger partial charge in [0.05, 0.1) is 18.9 Å². The van der Waals surface area contributed by atoms with Gasteiger partial charge in [0, 0.05) is 31.9 Å². The molecule has 2 aliphatic heterocycles. The van der Waals surface area contributed by atoms with Gasteiger partial charge in [-0.15, -0.1) is 0 Å². The molecule has 0 aromatic heterocycles. The molecule has 170 valence electrons. The van der Waals surface area contributed by atoms with E-state index in [1.165, 1.54) is 0 Å². The van der Waals surface area contributed by atoms with Gasteiger partial charge in [0.15, 0.2) is 13.2 Å². The van der Waals surface area contributed by atoms with Gasteiger partial charge in [0.1, 0.15) is 11.5 Å². The monoisotopic (exact) mass is 439 g/mol. The molecule has 1 fully saturated rings. The van der Waals surface area contributed by atoms with Crippen molar-refractivity contribution in [3.05, 3.63) is 47.5 Å². The Bertz CT molecular complexity index is 988. The van der Waals surface area contributed by atoms with Gasteiger partial charge in [-0.3, -0.25) is 14.5 Å². The van der Waals surface area contributed by atoms with Crippen LogP contribution in [0.15, 0.2) is 36.4 Å². The summed E-state index contributed by atoms with van der Waals surface area (Å²) in [6, 6.07) is 11.2. The summed E-state index contributed by atoms with van der Waals surface area (Å²) in [5, 5.41) is 2.85. The van der Waals surface area contributed by atoms with Crippen LogP contribution in [0.1, 0.15) is 11.1 Å². The van der Waals surface area contributed by atoms with Crippen molar-refractivity contribution in [2.45, 2.75) is 13.8 Å². The number of amides is 2. The van der Waals surface area contributed by atoms with E-state index in [9.17, 15) is 9.59 Å². The van der Waals surface area contributed by atoms with Crippen molar-refractivity contribution in [3.8, 4) is 11.5 Å². The van der Waals surface area contributed by atoms with Crippen molar-refractivity contribution in [2.24, 2.45) is 0 Å². The molecule has 0 saturated carbocycles. The van der Waals surface area contributed by atoms with Crippen LogP contribution in [0.2, 0.25) is 0 Å². The third kappa shape index (κ3) is 5.38. The zero-order chi connectivity index (χ0) is 22.5. The standard InChI is InChI=1S/C24H29N3O5/c1-17-3-4-18(2)22(13-17)31-15-23(28)25-19-5-6-21-20(14-19)27(24(29)16-32-21)8-7-26-9-11-30-12-10-26/h3-6,13-14H,7-12,15-16H2,1-2H3,(H,25,28). The molecule has 1 saturated heterocycles. The molecule has 0 radical (unpaired) electrons. The van der Waals surface area contributed by atoms with Gasteiger partial charge in [-0.1, -0.05) is 12.1 Å². The maximum atomic E-state index is 12.5. The van der Waals surface area contributed by atoms with Crippen LogP contribution in [0.3, 0.4) is 0 Å². The fourth-order valence-corrected chi connectivity index (χ4v) is 3.79. The van der Waals surface area contributed by atoms with Gasteiger partial charge in [0.2, 0.25) is 0 Å². The number of ether oxygens (including phenoxy) is 3. The molecule has 0 atom stereocenters. The molecule has 0 aliphatic carbocycles. The van der Waals surface area contributed by atoms with E-state index in [1.54, 1.807) is 23.1 Å². The Labute approximate surface area is 188 Å². The maximum Gasteiger partial charge on any atom is 0.265 e. The molecule has 2 aliphatic rings. The Hall–Kier alpha value is -3.10. The molecule has 8 heteroatoms. The quantitative estimate of drug-likeness (QED) is 0.714. The second kappa shape index (κ2) is 10.0. The van der Waals surface area contributed by atoms with E-state index in [4.69, 9.17) is 14.2 Å². The molecule has 1 N–H and O–H groups in total. The van der Waals surface area contributed by atoms with E-state index in [0.29, 0.717) is 42.6 Å². The van der Waals surface area contributed by atoms with Crippen LogP contribution in [-0.4, -0.2) is 69.3 Å². The Balaban J connectivity index is 1.40. The summed E-state index contributed by atoms with van der Waals surface area (Å²) in [6.45, 7) is 8.32. The van der Waals surface area contributed by atoms with Crippen molar-refractivity contribution >= 4 is 23.2 Å². The predicted molar refractivity (Wildman–Crippen MR) is 122 cm³/mol. The number of anilines is 2. The first-order chi connectivity index (χ1) is 15.5. The van der Waals surface area contributed by atoms with Gasteiger partial charge >= 0.3 is 0 Å². The number of hydrogen-bond donors (Lipinski definition) is 1. The molecule has 0 bridgehead atoms. The number of nitrogens with zero attached hydrogens (tertiary/aromatic N) is 2. The molecule has 0 spiro atoms. The molecule has 4 rings (SSSR count). The maximum absolute atomic E-state index is 12.5. The highest BCUT2D eigenvalue weighted by Gasteiger charge is 2.26. The summed E-state index contributed by atoms with van der Waals surface area (Å²) in [5.41, 5.74) is 3.31. The zero-order valence-electron chi connectivity index (χ0n) is 18.6. The molecule has 2 aromatic carbocycles. The molecule has 0 unspecified atom stereocenters. The van der Waals surface area contributed by atoms with E-state index in [2.05, 4.69) is 10.2 Å². The van der Waals surface area contributed by atoms with E-state index in [-0.39, 0.29) is 25.0 Å². The topological polar surface area (TPSA) is 80.3 Å². The molecule has 32 heavy (non-hydrogen) atoms. The number of rotatable bonds is 7. The van der Waals surface area contributed by atoms with E-state index >= 15 is 0 Å². The Morgan fingerprint density at radius 3 is 2.72 bits per heavy atom. The lowest BCUT2D eigenvalue weighted by Crippen LogP contribution is -2.45. The van der Waals surface area contributed by atoms with Crippen LogP contribution in [0.25, 0.3) is 0 Å². The van der Waals surface area contributed by atoms with Gasteiger partial charge in [-0.05, 0) is 49.2 Å². The Morgan fingerprint density at radius 2 is 1.91 bits per heavy atom. The lowest BCUT2D eigenvalue weighted by molar-refractivity contribution is -0.121. The van der Waals surface area contributed by atoms with Gasteiger partial charge in [-0.2, -0.15) is 0 Å². The summed E-state index contributed by atoms with van der Waals surface area (Å²) in [6.07, 6.45) is 0. The molecule has 8 nitrogen and oxygen atoms in total. The molecule has 2 amide bonds. The number of morpholine rings is 1. The highest BCUT2D eigenvalue weighted by atomic mass is 16.5. The lowest BCUT2D eigenvalue weighted by atomic mass is 10.1. The Morgan fingerprint density at radius 1 is 1.09 bits per heavy atom. The van der Waals surface area contributed by atoms with Gasteiger partial charge < -0.3 is 24.4 Å². The molecule has 2 aromatic rings. The van der Waals surface area contributed by atoms with Crippen molar-refractivity contribution in [1.82, 2.24) is 4.90 Å². The number of fused-ring (bicyclic) bond motifs is 1. The summed E-state index contributed by atoms with van der Waals surface area (Å²) >= 11 is 0. The van der Waals surface area contributed by atoms with Crippen LogP contribution >= 0.6 is 0 Å². The van der Waals surface area contributed by atoms with E-state index in [0.717, 1.165) is 30.8 Å². The SMILES string of the molecule is Cc1ccc(C)c(OCC(=O)Nc2ccc3c(c2)N(CCN2CCOCC2)C(=O)CO3)c1. The van der Waals surface area contributed by atoms with Crippen LogP contribution in [0.4, 0.5) is 11.4 Å². The van der Waals surface area contributed by atoms with E-state index < -0.39 is 0 Å². The average molecular weight is 440 g/mol. The third-order valence-corrected chi connectivity index (χ3v) is 5.63. The Kier molecular flexibility index (Phi) is 6.92. The van der Waals surface area contributed by atoms with Crippen LogP contribution in [-0.2, 0) is 14.3 Å². The fraction of sp³-hybridized carbons (Fsp3) is 0.417. The third-order valence-electron chi connectivity index (χ3n) is 5.63. The predicted octanol–water partition coefficient (Wildman–Crippen LogP) is 2.38. The van der Waals surface area contributed by atoms with Crippen LogP contribution in [0, 0.1) is 13.8 Å². The second-order valence-electron chi connectivity index (χ2n) is 8.08. The fourth-order valence-electron chi connectivity index (χ4n) is 3.79. The van der Waals surface area contributed by atoms with E-state index in [1.807, 2.05) is 32.0 Å². The molecule has 2 heterocycles. The highest BCUT2D eigenvalue weighted by molar-refractivity contribution is 5.99. The van der Waals surface area contributed by atoms with Crippen molar-refractivity contribution in [2.75, 3.05) is 62.8 Å². The minimum atomic E-state index is -0.270. The van der Waals surface area contributed by atoms with Crippen molar-refractivity contribution < 1.29 is 23.8 Å². The second-order valence-corrected chi connectivity index (χ2v) is 8.08. The summed E-state index contributed by atoms with van der Waals surface area (Å²) in [7, 11) is 0. The zero-order valence-corrected chi connectivity index (χ0v) is 18.6. The van der Waals surface area contributed by atoms with Crippen LogP contribution in [0.5, 0.6) is 11.5 Å². The van der Waals surface area contributed by atoms with Gasteiger partial charge in [0.25, 0.3) is 11.8 Å². The lowest BCUT2D eigenvalue weighted by Gasteiger charge is -2.33. The minimum Gasteiger partial charge on any atom is -0.483 e. The van der Waals surface area contributed by atoms with Crippen molar-refractivity contribution in [1.29, 1.82) is 0 Å². The summed E-state index contributed by atoms with van der Waals surface area (Å²) < 4.78 is 16.7. The average Bonchev–Trinajstić information content (AvgIpc) is 2.79. The minimum absolute atomic E-state index is 0.0193. The smallest absolute Gasteiger partial charge is 0.265 e. The summed E-state index contributed by atoms with van der Waals surface area (Å²) in [5.74, 6) is 0.969. The normalized spacial score (nSPS) is 16.3. The largest absolute Gasteiger partial charge is 0.483 e. The first-order valence-electron chi connectivity index (χ1n) is 10.9. The van der Waals surface area contributed by atoms with Crippen LogP contribution < -0.4 is 19.7 Å². The number of nitrogens with one attached hydrogen (secondary N) is 1. The number of carbonyl (C=O) groups is 2. The highest BCUT2D eigenvalue weighted by Crippen LogP contribution is 2.34. The number of hydrogen-bond acceptors (Lipinski definition) is 6. The number of carbonyl (C=O) groups excluding carboxylic acids is 2. The first kappa shape index (κ1) is 22.1. The molecular formula is C24H29N3O5. The van der Waals surface area contributed by atoms with Gasteiger partial charge in [-0.25, -0.2) is 0 Å². The first-order valence-corrected chi connectivity index (χ1v) is 10.9.